The molecule has 35 heavy (non-hydrogen) atoms. The van der Waals surface area contributed by atoms with Crippen molar-refractivity contribution in [2.45, 2.75) is 65.3 Å². The highest BCUT2D eigenvalue weighted by molar-refractivity contribution is 7.17. The average Bonchev–Trinajstić information content (AvgIpc) is 3.24. The molecule has 7 heteroatoms. The number of methoxy groups -OCH3 is 1. The molecule has 2 bridgehead atoms. The molecular weight excluding hydrogens is 462 g/mol. The summed E-state index contributed by atoms with van der Waals surface area (Å²) >= 11 is 1.52. The molecule has 188 valence electrons. The lowest BCUT2D eigenvalue weighted by atomic mass is 9.44. The van der Waals surface area contributed by atoms with Gasteiger partial charge in [0, 0.05) is 34.9 Å². The van der Waals surface area contributed by atoms with Crippen molar-refractivity contribution in [2.75, 3.05) is 7.11 Å². The van der Waals surface area contributed by atoms with Crippen LogP contribution in [0.5, 0.6) is 5.75 Å². The van der Waals surface area contributed by atoms with E-state index >= 15 is 0 Å². The molecule has 1 heterocycles. The maximum absolute atomic E-state index is 13.5. The molecule has 1 amide bonds. The van der Waals surface area contributed by atoms with E-state index in [0.717, 1.165) is 42.2 Å². The molecule has 0 saturated heterocycles. The van der Waals surface area contributed by atoms with E-state index in [-0.39, 0.29) is 29.3 Å². The van der Waals surface area contributed by atoms with Gasteiger partial charge >= 0.3 is 11.9 Å². The molecule has 2 aromatic rings. The van der Waals surface area contributed by atoms with Crippen molar-refractivity contribution in [3.63, 3.8) is 0 Å². The normalized spacial score (nSPS) is 24.7. The van der Waals surface area contributed by atoms with E-state index in [9.17, 15) is 14.4 Å². The predicted molar refractivity (Wildman–Crippen MR) is 137 cm³/mol. The van der Waals surface area contributed by atoms with Gasteiger partial charge in [0.1, 0.15) is 5.75 Å². The number of amides is 1. The Morgan fingerprint density at radius 2 is 2.00 bits per heavy atom. The first-order valence-corrected chi connectivity index (χ1v) is 13.3. The molecule has 5 rings (SSSR count). The lowest BCUT2D eigenvalue weighted by molar-refractivity contribution is -0.140. The fourth-order valence-electron chi connectivity index (χ4n) is 5.87. The molecule has 0 radical (unpaired) electrons. The van der Waals surface area contributed by atoms with Gasteiger partial charge in [-0.15, -0.1) is 11.3 Å². The summed E-state index contributed by atoms with van der Waals surface area (Å²) in [4.78, 5) is 36.1. The zero-order valence-corrected chi connectivity index (χ0v) is 21.8. The average molecular weight is 498 g/mol. The van der Waals surface area contributed by atoms with Crippen molar-refractivity contribution in [1.82, 2.24) is 5.32 Å². The number of thiophene rings is 1. The minimum Gasteiger partial charge on any atom is -0.469 e. The number of hydrogen-bond donors (Lipinski definition) is 1. The van der Waals surface area contributed by atoms with Crippen molar-refractivity contribution in [3.8, 4) is 5.75 Å². The molecule has 2 unspecified atom stereocenters. The zero-order chi connectivity index (χ0) is 25.2. The summed E-state index contributed by atoms with van der Waals surface area (Å²) < 4.78 is 10.9. The molecule has 3 aliphatic rings. The molecule has 1 N–H and O–H groups in total. The maximum Gasteiger partial charge on any atom is 0.308 e. The number of rotatable bonds is 9. The highest BCUT2D eigenvalue weighted by atomic mass is 32.1. The van der Waals surface area contributed by atoms with Crippen molar-refractivity contribution in [2.24, 2.45) is 23.2 Å². The Balaban J connectivity index is 1.45. The summed E-state index contributed by atoms with van der Waals surface area (Å²) in [5, 5.41) is 6.12. The van der Waals surface area contributed by atoms with Gasteiger partial charge in [0.25, 0.3) is 5.91 Å². The van der Waals surface area contributed by atoms with E-state index in [2.05, 4.69) is 31.3 Å². The number of nitrogens with one attached hydrogen (secondary N) is 1. The lowest BCUT2D eigenvalue weighted by Gasteiger charge is -2.62. The second-order valence-electron chi connectivity index (χ2n) is 10.4. The monoisotopic (exact) mass is 497 g/mol. The highest BCUT2D eigenvalue weighted by Gasteiger charge is 2.57. The standard InChI is InChI=1S/C28H35NO5S/c1-17(30)34-20-11-12-24-21(15-20)22(16-35-24)27(32)29-26-18(13-19-14-23(26)28(19,2)3)9-7-5-6-8-10-25(31)33-4/h5,7,11-12,15-16,18-19,23,26H,6,8-10,13-14H2,1-4H3,(H,29,32)/b7-5-/t18?,19-,23?,26+/m0/s1. The number of benzene rings is 1. The van der Waals surface area contributed by atoms with Crippen molar-refractivity contribution in [3.05, 3.63) is 41.3 Å². The molecule has 0 spiro atoms. The zero-order valence-electron chi connectivity index (χ0n) is 21.0. The van der Waals surface area contributed by atoms with E-state index in [1.807, 2.05) is 11.4 Å². The van der Waals surface area contributed by atoms with Crippen LogP contribution in [0.1, 0.15) is 69.7 Å². The minimum absolute atomic E-state index is 0.0607. The number of hydrogen-bond acceptors (Lipinski definition) is 6. The van der Waals surface area contributed by atoms with Crippen LogP contribution >= 0.6 is 11.3 Å². The molecule has 4 atom stereocenters. The number of carbonyl (C=O) groups is 3. The van der Waals surface area contributed by atoms with Gasteiger partial charge in [0.15, 0.2) is 0 Å². The quantitative estimate of drug-likeness (QED) is 0.202. The first kappa shape index (κ1) is 25.4. The Hall–Kier alpha value is -2.67. The van der Waals surface area contributed by atoms with Crippen LogP contribution in [0.15, 0.2) is 35.7 Å². The van der Waals surface area contributed by atoms with Gasteiger partial charge in [0.2, 0.25) is 0 Å². The molecule has 3 aliphatic carbocycles. The van der Waals surface area contributed by atoms with E-state index in [0.29, 0.717) is 35.5 Å². The van der Waals surface area contributed by atoms with E-state index in [1.54, 1.807) is 12.1 Å². The summed E-state index contributed by atoms with van der Waals surface area (Å²) in [6.07, 6.45) is 9.64. The van der Waals surface area contributed by atoms with Gasteiger partial charge in [-0.3, -0.25) is 14.4 Å². The summed E-state index contributed by atoms with van der Waals surface area (Å²) in [5.74, 6) is 1.40. The molecule has 3 fully saturated rings. The molecule has 6 nitrogen and oxygen atoms in total. The Morgan fingerprint density at radius 3 is 2.71 bits per heavy atom. The number of allylic oxidation sites excluding steroid dienone is 2. The molecule has 1 aromatic carbocycles. The van der Waals surface area contributed by atoms with Crippen LogP contribution in [0.25, 0.3) is 10.1 Å². The topological polar surface area (TPSA) is 81.7 Å². The maximum atomic E-state index is 13.5. The molecule has 1 aromatic heterocycles. The highest BCUT2D eigenvalue weighted by Crippen LogP contribution is 2.61. The van der Waals surface area contributed by atoms with Gasteiger partial charge in [0.05, 0.1) is 12.7 Å². The molecule has 0 aliphatic heterocycles. The number of carbonyl (C=O) groups excluding carboxylic acids is 3. The lowest BCUT2D eigenvalue weighted by Crippen LogP contribution is -2.63. The molecule has 3 saturated carbocycles. The van der Waals surface area contributed by atoms with E-state index < -0.39 is 0 Å². The first-order valence-electron chi connectivity index (χ1n) is 12.4. The third-order valence-electron chi connectivity index (χ3n) is 8.01. The van der Waals surface area contributed by atoms with Crippen molar-refractivity contribution in [1.29, 1.82) is 0 Å². The van der Waals surface area contributed by atoms with Crippen molar-refractivity contribution >= 4 is 39.3 Å². The Labute approximate surface area is 211 Å². The van der Waals surface area contributed by atoms with Gasteiger partial charge in [-0.05, 0) is 73.5 Å². The van der Waals surface area contributed by atoms with Crippen LogP contribution < -0.4 is 10.1 Å². The van der Waals surface area contributed by atoms with E-state index in [1.165, 1.54) is 25.4 Å². The van der Waals surface area contributed by atoms with Gasteiger partial charge in [-0.1, -0.05) is 26.0 Å². The Bertz CT molecular complexity index is 1130. The number of esters is 2. The largest absolute Gasteiger partial charge is 0.469 e. The van der Waals surface area contributed by atoms with Gasteiger partial charge in [-0.25, -0.2) is 0 Å². The molecular formula is C28H35NO5S. The summed E-state index contributed by atoms with van der Waals surface area (Å²) in [6.45, 7) is 6.03. The number of ether oxygens (including phenoxy) is 2. The minimum atomic E-state index is -0.379. The smallest absolute Gasteiger partial charge is 0.308 e. The Kier molecular flexibility index (Phi) is 7.64. The van der Waals surface area contributed by atoms with Crippen LogP contribution in [-0.2, 0) is 14.3 Å². The second-order valence-corrected chi connectivity index (χ2v) is 11.3. The number of fused-ring (bicyclic) bond motifs is 3. The van der Waals surface area contributed by atoms with Gasteiger partial charge in [-0.2, -0.15) is 0 Å². The second kappa shape index (κ2) is 10.5. The van der Waals surface area contributed by atoms with Crippen LogP contribution in [0.4, 0.5) is 0 Å². The summed E-state index contributed by atoms with van der Waals surface area (Å²) in [7, 11) is 1.42. The fraction of sp³-hybridized carbons (Fsp3) is 0.536. The predicted octanol–water partition coefficient (Wildman–Crippen LogP) is 5.90. The SMILES string of the molecule is COC(=O)CCC/C=C\CC1C[C@H]2CC([C@@H]1NC(=O)c1csc3ccc(OC(C)=O)cc13)C2(C)C. The van der Waals surface area contributed by atoms with Gasteiger partial charge < -0.3 is 14.8 Å². The van der Waals surface area contributed by atoms with E-state index in [4.69, 9.17) is 9.47 Å². The van der Waals surface area contributed by atoms with Crippen molar-refractivity contribution < 1.29 is 23.9 Å². The summed E-state index contributed by atoms with van der Waals surface area (Å²) in [5.41, 5.74) is 0.869. The third kappa shape index (κ3) is 5.45. The number of unbranched alkanes of at least 4 members (excludes halogenated alkanes) is 1. The van der Waals surface area contributed by atoms with Crippen LogP contribution in [0.2, 0.25) is 0 Å². The Morgan fingerprint density at radius 1 is 1.20 bits per heavy atom. The first-order chi connectivity index (χ1) is 16.7. The van der Waals surface area contributed by atoms with Crippen LogP contribution in [0.3, 0.4) is 0 Å². The van der Waals surface area contributed by atoms with Crippen LogP contribution in [-0.4, -0.2) is 31.0 Å². The summed E-state index contributed by atoms with van der Waals surface area (Å²) in [6, 6.07) is 5.55. The third-order valence-corrected chi connectivity index (χ3v) is 8.97. The van der Waals surface area contributed by atoms with Crippen LogP contribution in [0, 0.1) is 23.2 Å². The fourth-order valence-corrected chi connectivity index (χ4v) is 6.79.